The van der Waals surface area contributed by atoms with Crippen molar-refractivity contribution in [2.24, 2.45) is 0 Å². The van der Waals surface area contributed by atoms with E-state index in [9.17, 15) is 4.79 Å². The molecule has 26 heavy (non-hydrogen) atoms. The Kier molecular flexibility index (Phi) is 5.61. The number of carbonyl (C=O) groups excluding carboxylic acids is 1. The van der Waals surface area contributed by atoms with Gasteiger partial charge in [-0.15, -0.1) is 0 Å². The van der Waals surface area contributed by atoms with Gasteiger partial charge in [0.2, 0.25) is 5.91 Å². The van der Waals surface area contributed by atoms with E-state index in [1.54, 1.807) is 19.3 Å². The van der Waals surface area contributed by atoms with Gasteiger partial charge < -0.3 is 18.9 Å². The van der Waals surface area contributed by atoms with Gasteiger partial charge in [0.1, 0.15) is 12.4 Å². The lowest BCUT2D eigenvalue weighted by molar-refractivity contribution is -0.124. The van der Waals surface area contributed by atoms with Crippen LogP contribution in [0.1, 0.15) is 35.4 Å². The number of carbonyl (C=O) groups is 1. The van der Waals surface area contributed by atoms with Gasteiger partial charge in [-0.25, -0.2) is 0 Å². The van der Waals surface area contributed by atoms with Gasteiger partial charge in [-0.1, -0.05) is 11.2 Å². The van der Waals surface area contributed by atoms with Crippen LogP contribution in [0.25, 0.3) is 6.08 Å². The van der Waals surface area contributed by atoms with Crippen molar-refractivity contribution in [3.63, 3.8) is 0 Å². The molecule has 0 saturated carbocycles. The Morgan fingerprint density at radius 3 is 2.69 bits per heavy atom. The molecular formula is C20H24N2O4. The van der Waals surface area contributed by atoms with Gasteiger partial charge in [0.25, 0.3) is 0 Å². The summed E-state index contributed by atoms with van der Waals surface area (Å²) in [5, 5.41) is 3.93. The van der Waals surface area contributed by atoms with Crippen molar-refractivity contribution in [3.8, 4) is 11.5 Å². The second-order valence-corrected chi connectivity index (χ2v) is 6.37. The molecule has 1 amide bonds. The molecule has 1 fully saturated rings. The lowest BCUT2D eigenvalue weighted by Crippen LogP contribution is -2.25. The average Bonchev–Trinajstić information content (AvgIpc) is 3.29. The fourth-order valence-electron chi connectivity index (χ4n) is 2.98. The molecule has 2 aromatic rings. The van der Waals surface area contributed by atoms with E-state index in [0.29, 0.717) is 18.1 Å². The molecule has 0 aliphatic carbocycles. The van der Waals surface area contributed by atoms with Crippen molar-refractivity contribution in [2.75, 3.05) is 20.2 Å². The number of aromatic nitrogens is 1. The standard InChI is InChI=1S/C20H24N2O4/c1-14-17(15(2)26-21-14)13-25-18-8-6-16(12-19(18)24-3)7-9-20(23)22-10-4-5-11-22/h6-9,12H,4-5,10-11,13H2,1-3H3/b9-7+. The lowest BCUT2D eigenvalue weighted by atomic mass is 10.1. The van der Waals surface area contributed by atoms with E-state index in [4.69, 9.17) is 14.0 Å². The highest BCUT2D eigenvalue weighted by atomic mass is 16.5. The maximum atomic E-state index is 12.1. The van der Waals surface area contributed by atoms with Crippen LogP contribution < -0.4 is 9.47 Å². The minimum atomic E-state index is 0.0557. The molecule has 0 atom stereocenters. The molecule has 1 aromatic heterocycles. The highest BCUT2D eigenvalue weighted by molar-refractivity contribution is 5.92. The van der Waals surface area contributed by atoms with Gasteiger partial charge in [-0.2, -0.15) is 0 Å². The van der Waals surface area contributed by atoms with Crippen molar-refractivity contribution in [3.05, 3.63) is 46.9 Å². The average molecular weight is 356 g/mol. The molecule has 0 unspecified atom stereocenters. The Morgan fingerprint density at radius 2 is 2.04 bits per heavy atom. The van der Waals surface area contributed by atoms with E-state index in [1.807, 2.05) is 36.9 Å². The SMILES string of the molecule is COc1cc(/C=C/C(=O)N2CCCC2)ccc1OCc1c(C)noc1C. The third kappa shape index (κ3) is 4.07. The van der Waals surface area contributed by atoms with Crippen molar-refractivity contribution in [1.82, 2.24) is 10.1 Å². The fraction of sp³-hybridized carbons (Fsp3) is 0.400. The van der Waals surface area contributed by atoms with Crippen LogP contribution in [0.2, 0.25) is 0 Å². The van der Waals surface area contributed by atoms with Crippen LogP contribution in [0.3, 0.4) is 0 Å². The number of aryl methyl sites for hydroxylation is 2. The van der Waals surface area contributed by atoms with Gasteiger partial charge in [-0.05, 0) is 50.5 Å². The lowest BCUT2D eigenvalue weighted by Gasteiger charge is -2.12. The van der Waals surface area contributed by atoms with Crippen molar-refractivity contribution in [1.29, 1.82) is 0 Å². The van der Waals surface area contributed by atoms with Crippen LogP contribution in [0, 0.1) is 13.8 Å². The molecule has 0 radical (unpaired) electrons. The number of rotatable bonds is 6. The molecule has 1 saturated heterocycles. The molecule has 6 heteroatoms. The molecule has 0 bridgehead atoms. The maximum Gasteiger partial charge on any atom is 0.246 e. The van der Waals surface area contributed by atoms with E-state index in [1.165, 1.54) is 0 Å². The Morgan fingerprint density at radius 1 is 1.27 bits per heavy atom. The monoisotopic (exact) mass is 356 g/mol. The third-order valence-electron chi connectivity index (χ3n) is 4.58. The summed E-state index contributed by atoms with van der Waals surface area (Å²) in [6.07, 6.45) is 5.60. The maximum absolute atomic E-state index is 12.1. The van der Waals surface area contributed by atoms with Crippen LogP contribution in [0.15, 0.2) is 28.8 Å². The normalized spacial score (nSPS) is 14.2. The summed E-state index contributed by atoms with van der Waals surface area (Å²) in [5.41, 5.74) is 2.65. The first-order chi connectivity index (χ1) is 12.6. The van der Waals surface area contributed by atoms with Crippen molar-refractivity contribution < 1.29 is 18.8 Å². The van der Waals surface area contributed by atoms with E-state index >= 15 is 0 Å². The largest absolute Gasteiger partial charge is 0.493 e. The number of amides is 1. The molecule has 2 heterocycles. The van der Waals surface area contributed by atoms with Gasteiger partial charge in [-0.3, -0.25) is 4.79 Å². The second-order valence-electron chi connectivity index (χ2n) is 6.37. The highest BCUT2D eigenvalue weighted by Gasteiger charge is 2.15. The molecular weight excluding hydrogens is 332 g/mol. The van der Waals surface area contributed by atoms with E-state index in [-0.39, 0.29) is 5.91 Å². The number of likely N-dealkylation sites (tertiary alicyclic amines) is 1. The van der Waals surface area contributed by atoms with Crippen LogP contribution in [0.5, 0.6) is 11.5 Å². The Hall–Kier alpha value is -2.76. The molecule has 138 valence electrons. The minimum Gasteiger partial charge on any atom is -0.493 e. The van der Waals surface area contributed by atoms with Crippen LogP contribution >= 0.6 is 0 Å². The fourth-order valence-corrected chi connectivity index (χ4v) is 2.98. The van der Waals surface area contributed by atoms with E-state index in [2.05, 4.69) is 5.16 Å². The molecule has 0 spiro atoms. The molecule has 1 aliphatic heterocycles. The predicted octanol–water partition coefficient (Wildman–Crippen LogP) is 3.51. The van der Waals surface area contributed by atoms with E-state index < -0.39 is 0 Å². The zero-order chi connectivity index (χ0) is 18.5. The number of hydrogen-bond acceptors (Lipinski definition) is 5. The Balaban J connectivity index is 1.68. The summed E-state index contributed by atoms with van der Waals surface area (Å²) in [6, 6.07) is 5.60. The summed E-state index contributed by atoms with van der Waals surface area (Å²) >= 11 is 0. The summed E-state index contributed by atoms with van der Waals surface area (Å²) in [4.78, 5) is 14.0. The van der Waals surface area contributed by atoms with Crippen LogP contribution in [0.4, 0.5) is 0 Å². The van der Waals surface area contributed by atoms with Crippen molar-refractivity contribution in [2.45, 2.75) is 33.3 Å². The number of benzene rings is 1. The van der Waals surface area contributed by atoms with Crippen LogP contribution in [-0.2, 0) is 11.4 Å². The number of hydrogen-bond donors (Lipinski definition) is 0. The first-order valence-electron chi connectivity index (χ1n) is 8.78. The smallest absolute Gasteiger partial charge is 0.246 e. The van der Waals surface area contributed by atoms with Gasteiger partial charge in [0.05, 0.1) is 18.4 Å². The van der Waals surface area contributed by atoms with Crippen molar-refractivity contribution >= 4 is 12.0 Å². The number of methoxy groups -OCH3 is 1. The number of nitrogens with zero attached hydrogens (tertiary/aromatic N) is 2. The molecule has 0 N–H and O–H groups in total. The molecule has 3 rings (SSSR count). The number of ether oxygens (including phenoxy) is 2. The third-order valence-corrected chi connectivity index (χ3v) is 4.58. The molecule has 6 nitrogen and oxygen atoms in total. The molecule has 1 aromatic carbocycles. The van der Waals surface area contributed by atoms with Gasteiger partial charge in [0, 0.05) is 19.2 Å². The Bertz CT molecular complexity index is 785. The quantitative estimate of drug-likeness (QED) is 0.741. The zero-order valence-electron chi connectivity index (χ0n) is 15.4. The highest BCUT2D eigenvalue weighted by Crippen LogP contribution is 2.30. The summed E-state index contributed by atoms with van der Waals surface area (Å²) < 4.78 is 16.5. The first kappa shape index (κ1) is 18.0. The second kappa shape index (κ2) is 8.08. The van der Waals surface area contributed by atoms with Gasteiger partial charge in [0.15, 0.2) is 11.5 Å². The van der Waals surface area contributed by atoms with Crippen LogP contribution in [-0.4, -0.2) is 36.2 Å². The zero-order valence-corrected chi connectivity index (χ0v) is 15.4. The summed E-state index contributed by atoms with van der Waals surface area (Å²) in [7, 11) is 1.60. The first-order valence-corrected chi connectivity index (χ1v) is 8.78. The minimum absolute atomic E-state index is 0.0557. The summed E-state index contributed by atoms with van der Waals surface area (Å²) in [6.45, 7) is 5.81. The van der Waals surface area contributed by atoms with Gasteiger partial charge >= 0.3 is 0 Å². The summed E-state index contributed by atoms with van der Waals surface area (Å²) in [5.74, 6) is 2.06. The Labute approximate surface area is 153 Å². The van der Waals surface area contributed by atoms with E-state index in [0.717, 1.165) is 48.5 Å². The molecule has 1 aliphatic rings. The topological polar surface area (TPSA) is 64.8 Å². The predicted molar refractivity (Wildman–Crippen MR) is 98.2 cm³/mol.